The van der Waals surface area contributed by atoms with Gasteiger partial charge in [-0.15, -0.1) is 0 Å². The molecule has 1 aromatic heterocycles. The molecule has 0 atom stereocenters. The van der Waals surface area contributed by atoms with Crippen LogP contribution in [0.1, 0.15) is 42.5 Å². The summed E-state index contributed by atoms with van der Waals surface area (Å²) in [6.07, 6.45) is 6.56. The largest absolute Gasteiger partial charge is 0.478 e. The highest BCUT2D eigenvalue weighted by Crippen LogP contribution is 2.29. The first-order valence-electron chi connectivity index (χ1n) is 10.0. The van der Waals surface area contributed by atoms with Crippen LogP contribution in [-0.4, -0.2) is 65.7 Å². The van der Waals surface area contributed by atoms with Crippen LogP contribution in [0.3, 0.4) is 0 Å². The summed E-state index contributed by atoms with van der Waals surface area (Å²) in [5.41, 5.74) is 2.71. The molecule has 1 saturated carbocycles. The molecular weight excluding hydrogens is 342 g/mol. The van der Waals surface area contributed by atoms with Crippen molar-refractivity contribution in [2.24, 2.45) is 5.92 Å². The molecule has 2 heterocycles. The van der Waals surface area contributed by atoms with Crippen LogP contribution in [0.15, 0.2) is 12.1 Å². The van der Waals surface area contributed by atoms with Crippen molar-refractivity contribution in [3.63, 3.8) is 0 Å². The standard InChI is InChI=1S/C20H29N5O2/c1-24-7-9-25(10-8-24)18-12-17-16(11-15(18)19(26)27)22-20(23-17)21-13-14-5-3-2-4-6-14/h11-12,14H,2-10,13H2,1H3,(H,26,27)(H2,21,22,23). The Hall–Kier alpha value is -2.28. The molecule has 0 spiro atoms. The fraction of sp³-hybridized carbons (Fsp3) is 0.600. The van der Waals surface area contributed by atoms with Crippen molar-refractivity contribution in [2.75, 3.05) is 50.0 Å². The number of nitrogens with one attached hydrogen (secondary N) is 2. The number of likely N-dealkylation sites (N-methyl/N-ethyl adjacent to an activating group) is 1. The fourth-order valence-electron chi connectivity index (χ4n) is 4.24. The zero-order chi connectivity index (χ0) is 18.8. The number of hydrogen-bond acceptors (Lipinski definition) is 5. The van der Waals surface area contributed by atoms with Gasteiger partial charge in [-0.05, 0) is 37.9 Å². The van der Waals surface area contributed by atoms with Crippen molar-refractivity contribution >= 4 is 28.6 Å². The van der Waals surface area contributed by atoms with Crippen LogP contribution >= 0.6 is 0 Å². The van der Waals surface area contributed by atoms with Gasteiger partial charge in [0.1, 0.15) is 0 Å². The third-order valence-electron chi connectivity index (χ3n) is 5.96. The molecule has 27 heavy (non-hydrogen) atoms. The predicted octanol–water partition coefficient (Wildman–Crippen LogP) is 3.01. The van der Waals surface area contributed by atoms with Gasteiger partial charge in [0.25, 0.3) is 0 Å². The molecule has 7 heteroatoms. The summed E-state index contributed by atoms with van der Waals surface area (Å²) in [7, 11) is 2.09. The van der Waals surface area contributed by atoms with Crippen molar-refractivity contribution in [1.29, 1.82) is 0 Å². The van der Waals surface area contributed by atoms with Gasteiger partial charge in [-0.1, -0.05) is 19.3 Å². The Labute approximate surface area is 159 Å². The van der Waals surface area contributed by atoms with Crippen LogP contribution in [0.25, 0.3) is 11.0 Å². The smallest absolute Gasteiger partial charge is 0.337 e. The molecule has 1 aliphatic heterocycles. The molecule has 146 valence electrons. The van der Waals surface area contributed by atoms with E-state index < -0.39 is 5.97 Å². The molecule has 2 aromatic rings. The van der Waals surface area contributed by atoms with Gasteiger partial charge in [0, 0.05) is 32.7 Å². The zero-order valence-electron chi connectivity index (χ0n) is 16.0. The van der Waals surface area contributed by atoms with Crippen LogP contribution in [0.5, 0.6) is 0 Å². The molecule has 0 unspecified atom stereocenters. The molecule has 0 bridgehead atoms. The van der Waals surface area contributed by atoms with Crippen LogP contribution in [-0.2, 0) is 0 Å². The normalized spacial score (nSPS) is 19.5. The summed E-state index contributed by atoms with van der Waals surface area (Å²) in [6, 6.07) is 3.65. The van der Waals surface area contributed by atoms with Crippen molar-refractivity contribution in [3.05, 3.63) is 17.7 Å². The Morgan fingerprint density at radius 1 is 1.22 bits per heavy atom. The van der Waals surface area contributed by atoms with E-state index in [1.54, 1.807) is 6.07 Å². The third kappa shape index (κ3) is 4.03. The number of aromatic amines is 1. The van der Waals surface area contributed by atoms with Gasteiger partial charge >= 0.3 is 5.97 Å². The van der Waals surface area contributed by atoms with Crippen molar-refractivity contribution in [1.82, 2.24) is 14.9 Å². The van der Waals surface area contributed by atoms with Gasteiger partial charge in [0.2, 0.25) is 5.95 Å². The van der Waals surface area contributed by atoms with Gasteiger partial charge in [-0.25, -0.2) is 9.78 Å². The highest BCUT2D eigenvalue weighted by atomic mass is 16.4. The lowest BCUT2D eigenvalue weighted by molar-refractivity contribution is 0.0697. The first-order chi connectivity index (χ1) is 13.1. The van der Waals surface area contributed by atoms with E-state index in [0.29, 0.717) is 11.5 Å². The van der Waals surface area contributed by atoms with Gasteiger partial charge < -0.3 is 25.2 Å². The number of rotatable bonds is 5. The molecule has 2 aliphatic rings. The number of carboxylic acids is 1. The second-order valence-electron chi connectivity index (χ2n) is 7.95. The van der Waals surface area contributed by atoms with Crippen LogP contribution in [0, 0.1) is 5.92 Å². The second-order valence-corrected chi connectivity index (χ2v) is 7.95. The summed E-state index contributed by atoms with van der Waals surface area (Å²) >= 11 is 0. The number of H-pyrrole nitrogens is 1. The number of anilines is 2. The topological polar surface area (TPSA) is 84.5 Å². The van der Waals surface area contributed by atoms with Crippen molar-refractivity contribution in [2.45, 2.75) is 32.1 Å². The number of imidazole rings is 1. The molecule has 0 amide bonds. The number of benzene rings is 1. The van der Waals surface area contributed by atoms with Gasteiger partial charge in [-0.2, -0.15) is 0 Å². The van der Waals surface area contributed by atoms with E-state index in [4.69, 9.17) is 0 Å². The maximum atomic E-state index is 11.8. The maximum Gasteiger partial charge on any atom is 0.337 e. The van der Waals surface area contributed by atoms with Gasteiger partial charge in [0.05, 0.1) is 22.3 Å². The molecule has 2 fully saturated rings. The molecule has 1 saturated heterocycles. The molecule has 4 rings (SSSR count). The summed E-state index contributed by atoms with van der Waals surface area (Å²) in [5, 5.41) is 13.1. The average molecular weight is 371 g/mol. The fourth-order valence-corrected chi connectivity index (χ4v) is 4.24. The van der Waals surface area contributed by atoms with Crippen molar-refractivity contribution < 1.29 is 9.90 Å². The Morgan fingerprint density at radius 2 is 1.96 bits per heavy atom. The number of aromatic carboxylic acids is 1. The highest BCUT2D eigenvalue weighted by Gasteiger charge is 2.22. The minimum Gasteiger partial charge on any atom is -0.478 e. The number of hydrogen-bond donors (Lipinski definition) is 3. The number of fused-ring (bicyclic) bond motifs is 1. The number of aromatic nitrogens is 2. The monoisotopic (exact) mass is 371 g/mol. The quantitative estimate of drug-likeness (QED) is 0.749. The Morgan fingerprint density at radius 3 is 2.67 bits per heavy atom. The molecule has 0 radical (unpaired) electrons. The van der Waals surface area contributed by atoms with Crippen LogP contribution in [0.2, 0.25) is 0 Å². The average Bonchev–Trinajstić information content (AvgIpc) is 3.09. The molecular formula is C20H29N5O2. The Bertz CT molecular complexity index is 804. The molecule has 3 N–H and O–H groups in total. The highest BCUT2D eigenvalue weighted by molar-refractivity contribution is 6.00. The lowest BCUT2D eigenvalue weighted by Crippen LogP contribution is -2.45. The van der Waals surface area contributed by atoms with Crippen LogP contribution in [0.4, 0.5) is 11.6 Å². The number of carbonyl (C=O) groups is 1. The van der Waals surface area contributed by atoms with E-state index >= 15 is 0 Å². The minimum absolute atomic E-state index is 0.342. The van der Waals surface area contributed by atoms with E-state index in [2.05, 4.69) is 32.1 Å². The number of carboxylic acid groups (broad SMARTS) is 1. The summed E-state index contributed by atoms with van der Waals surface area (Å²) in [4.78, 5) is 24.2. The molecule has 1 aliphatic carbocycles. The third-order valence-corrected chi connectivity index (χ3v) is 5.96. The van der Waals surface area contributed by atoms with E-state index in [1.807, 2.05) is 6.07 Å². The zero-order valence-corrected chi connectivity index (χ0v) is 16.0. The molecule has 7 nitrogen and oxygen atoms in total. The summed E-state index contributed by atoms with van der Waals surface area (Å²) in [6.45, 7) is 4.47. The lowest BCUT2D eigenvalue weighted by Gasteiger charge is -2.34. The summed E-state index contributed by atoms with van der Waals surface area (Å²) in [5.74, 6) is 0.557. The number of nitrogens with zero attached hydrogens (tertiary/aromatic N) is 3. The Kier molecular flexibility index (Phi) is 5.20. The first kappa shape index (κ1) is 18.1. The maximum absolute atomic E-state index is 11.8. The lowest BCUT2D eigenvalue weighted by atomic mass is 9.89. The first-order valence-corrected chi connectivity index (χ1v) is 10.0. The predicted molar refractivity (Wildman–Crippen MR) is 108 cm³/mol. The van der Waals surface area contributed by atoms with E-state index in [0.717, 1.165) is 55.4 Å². The molecule has 1 aromatic carbocycles. The van der Waals surface area contributed by atoms with Crippen molar-refractivity contribution in [3.8, 4) is 0 Å². The summed E-state index contributed by atoms with van der Waals surface area (Å²) < 4.78 is 0. The van der Waals surface area contributed by atoms with Gasteiger partial charge in [-0.3, -0.25) is 0 Å². The van der Waals surface area contributed by atoms with E-state index in [-0.39, 0.29) is 0 Å². The Balaban J connectivity index is 1.56. The van der Waals surface area contributed by atoms with E-state index in [9.17, 15) is 9.90 Å². The number of piperazine rings is 1. The SMILES string of the molecule is CN1CCN(c2cc3nc(NCC4CCCCC4)[nH]c3cc2C(=O)O)CC1. The second kappa shape index (κ2) is 7.76. The minimum atomic E-state index is -0.892. The van der Waals surface area contributed by atoms with E-state index in [1.165, 1.54) is 32.1 Å². The van der Waals surface area contributed by atoms with Crippen LogP contribution < -0.4 is 10.2 Å². The van der Waals surface area contributed by atoms with Gasteiger partial charge in [0.15, 0.2) is 0 Å².